The molecule has 18 heavy (non-hydrogen) atoms. The van der Waals surface area contributed by atoms with Crippen LogP contribution in [0.15, 0.2) is 48.7 Å². The number of imidazole rings is 1. The summed E-state index contributed by atoms with van der Waals surface area (Å²) in [6.07, 6.45) is 2.72. The molecule has 0 fully saturated rings. The molecule has 0 N–H and O–H groups in total. The van der Waals surface area contributed by atoms with Crippen LogP contribution in [0.2, 0.25) is 0 Å². The van der Waals surface area contributed by atoms with Crippen molar-refractivity contribution in [1.29, 1.82) is 0 Å². The van der Waals surface area contributed by atoms with E-state index in [2.05, 4.69) is 4.98 Å². The summed E-state index contributed by atoms with van der Waals surface area (Å²) in [7, 11) is 0. The summed E-state index contributed by atoms with van der Waals surface area (Å²) in [5, 5.41) is 0. The summed E-state index contributed by atoms with van der Waals surface area (Å²) in [5.41, 5.74) is 4.25. The quantitative estimate of drug-likeness (QED) is 0.641. The van der Waals surface area contributed by atoms with E-state index in [1.54, 1.807) is 0 Å². The monoisotopic (exact) mass is 236 g/mol. The number of aromatic nitrogens is 2. The minimum Gasteiger partial charge on any atom is -0.297 e. The molecule has 0 saturated heterocycles. The van der Waals surface area contributed by atoms with Crippen LogP contribution < -0.4 is 0 Å². The van der Waals surface area contributed by atoms with E-state index in [0.29, 0.717) is 5.69 Å². The fourth-order valence-corrected chi connectivity index (χ4v) is 2.16. The third-order valence-corrected chi connectivity index (χ3v) is 3.08. The molecule has 3 nitrogen and oxygen atoms in total. The Labute approximate surface area is 105 Å². The third-order valence-electron chi connectivity index (χ3n) is 3.08. The predicted octanol–water partition coefficient (Wildman–Crippen LogP) is 3.12. The normalized spacial score (nSPS) is 10.7. The largest absolute Gasteiger partial charge is 0.297 e. The molecule has 0 amide bonds. The lowest BCUT2D eigenvalue weighted by Gasteiger charge is -2.02. The van der Waals surface area contributed by atoms with Gasteiger partial charge in [0.05, 0.1) is 0 Å². The van der Waals surface area contributed by atoms with Crippen LogP contribution in [0.25, 0.3) is 16.9 Å². The maximum absolute atomic E-state index is 11.3. The molecule has 88 valence electrons. The Morgan fingerprint density at radius 3 is 2.67 bits per heavy atom. The zero-order valence-electron chi connectivity index (χ0n) is 10.00. The number of aldehydes is 1. The van der Waals surface area contributed by atoms with Gasteiger partial charge >= 0.3 is 0 Å². The molecule has 1 aromatic carbocycles. The summed E-state index contributed by atoms with van der Waals surface area (Å²) in [4.78, 5) is 15.9. The average Bonchev–Trinajstić information content (AvgIpc) is 2.77. The van der Waals surface area contributed by atoms with Crippen molar-refractivity contribution in [1.82, 2.24) is 9.38 Å². The van der Waals surface area contributed by atoms with Gasteiger partial charge < -0.3 is 0 Å². The topological polar surface area (TPSA) is 34.4 Å². The molecule has 0 radical (unpaired) electrons. The van der Waals surface area contributed by atoms with Crippen LogP contribution in [0.4, 0.5) is 0 Å². The van der Waals surface area contributed by atoms with Crippen molar-refractivity contribution in [2.45, 2.75) is 6.92 Å². The van der Waals surface area contributed by atoms with Crippen LogP contribution in [0, 0.1) is 6.92 Å². The second kappa shape index (κ2) is 4.11. The number of hydrogen-bond acceptors (Lipinski definition) is 2. The van der Waals surface area contributed by atoms with Crippen LogP contribution in [0.5, 0.6) is 0 Å². The smallest absolute Gasteiger partial charge is 0.169 e. The van der Waals surface area contributed by atoms with E-state index >= 15 is 0 Å². The summed E-state index contributed by atoms with van der Waals surface area (Å²) in [6, 6.07) is 13.7. The highest BCUT2D eigenvalue weighted by atomic mass is 16.1. The highest BCUT2D eigenvalue weighted by Gasteiger charge is 2.13. The molecule has 3 aromatic rings. The molecule has 0 aliphatic rings. The standard InChI is InChI=1S/C15H12N2O/c1-11-6-2-3-7-12(11)15-13(10-18)17-9-5-4-8-14(17)16-15/h2-10H,1H3. The summed E-state index contributed by atoms with van der Waals surface area (Å²) in [5.74, 6) is 0. The third kappa shape index (κ3) is 1.52. The van der Waals surface area contributed by atoms with Crippen molar-refractivity contribution in [2.75, 3.05) is 0 Å². The maximum Gasteiger partial charge on any atom is 0.169 e. The Hall–Kier alpha value is -2.42. The van der Waals surface area contributed by atoms with E-state index in [-0.39, 0.29) is 0 Å². The Morgan fingerprint density at radius 2 is 1.89 bits per heavy atom. The number of nitrogens with zero attached hydrogens (tertiary/aromatic N) is 2. The Morgan fingerprint density at radius 1 is 1.11 bits per heavy atom. The molecule has 0 saturated carbocycles. The summed E-state index contributed by atoms with van der Waals surface area (Å²) in [6.45, 7) is 2.02. The van der Waals surface area contributed by atoms with Crippen molar-refractivity contribution in [3.63, 3.8) is 0 Å². The van der Waals surface area contributed by atoms with Crippen molar-refractivity contribution in [2.24, 2.45) is 0 Å². The van der Waals surface area contributed by atoms with E-state index in [1.807, 2.05) is 60.0 Å². The number of fused-ring (bicyclic) bond motifs is 1. The first-order valence-corrected chi connectivity index (χ1v) is 5.79. The average molecular weight is 236 g/mol. The molecule has 0 aliphatic heterocycles. The maximum atomic E-state index is 11.3. The highest BCUT2D eigenvalue weighted by Crippen LogP contribution is 2.25. The summed E-state index contributed by atoms with van der Waals surface area (Å²) < 4.78 is 1.81. The number of pyridine rings is 1. The molecule has 0 unspecified atom stereocenters. The van der Waals surface area contributed by atoms with Crippen molar-refractivity contribution >= 4 is 11.9 Å². The van der Waals surface area contributed by atoms with Crippen LogP contribution in [-0.2, 0) is 0 Å². The second-order valence-electron chi connectivity index (χ2n) is 4.21. The fraction of sp³-hybridized carbons (Fsp3) is 0.0667. The minimum absolute atomic E-state index is 0.597. The first-order chi connectivity index (χ1) is 8.81. The van der Waals surface area contributed by atoms with E-state index < -0.39 is 0 Å². The first-order valence-electron chi connectivity index (χ1n) is 5.79. The van der Waals surface area contributed by atoms with Crippen molar-refractivity contribution < 1.29 is 4.79 Å². The van der Waals surface area contributed by atoms with Gasteiger partial charge in [0, 0.05) is 11.8 Å². The van der Waals surface area contributed by atoms with Gasteiger partial charge in [-0.3, -0.25) is 9.20 Å². The Balaban J connectivity index is 2.36. The lowest BCUT2D eigenvalue weighted by Crippen LogP contribution is -1.92. The van der Waals surface area contributed by atoms with Crippen LogP contribution in [0.3, 0.4) is 0 Å². The van der Waals surface area contributed by atoms with E-state index in [9.17, 15) is 4.79 Å². The molecule has 0 aliphatic carbocycles. The SMILES string of the molecule is Cc1ccccc1-c1nc2ccccn2c1C=O. The molecule has 0 atom stereocenters. The predicted molar refractivity (Wildman–Crippen MR) is 70.8 cm³/mol. The number of carbonyl (C=O) groups excluding carboxylic acids is 1. The van der Waals surface area contributed by atoms with Gasteiger partial charge in [0.25, 0.3) is 0 Å². The van der Waals surface area contributed by atoms with Crippen molar-refractivity contribution in [3.05, 3.63) is 59.9 Å². The molecule has 2 aromatic heterocycles. The molecule has 2 heterocycles. The second-order valence-corrected chi connectivity index (χ2v) is 4.21. The van der Waals surface area contributed by atoms with Gasteiger partial charge in [-0.1, -0.05) is 30.3 Å². The van der Waals surface area contributed by atoms with E-state index in [0.717, 1.165) is 28.8 Å². The van der Waals surface area contributed by atoms with Gasteiger partial charge in [0.1, 0.15) is 17.0 Å². The molecule has 0 spiro atoms. The van der Waals surface area contributed by atoms with Crippen LogP contribution in [-0.4, -0.2) is 15.7 Å². The Kier molecular flexibility index (Phi) is 2.45. The van der Waals surface area contributed by atoms with Gasteiger partial charge in [-0.05, 0) is 24.6 Å². The lowest BCUT2D eigenvalue weighted by molar-refractivity contribution is 0.111. The number of hydrogen-bond donors (Lipinski definition) is 0. The highest BCUT2D eigenvalue weighted by molar-refractivity contribution is 5.87. The lowest BCUT2D eigenvalue weighted by atomic mass is 10.0. The van der Waals surface area contributed by atoms with Gasteiger partial charge in [0.15, 0.2) is 6.29 Å². The van der Waals surface area contributed by atoms with Crippen LogP contribution >= 0.6 is 0 Å². The van der Waals surface area contributed by atoms with Gasteiger partial charge in [0.2, 0.25) is 0 Å². The zero-order chi connectivity index (χ0) is 12.5. The molecular formula is C15H12N2O. The number of benzene rings is 1. The van der Waals surface area contributed by atoms with Gasteiger partial charge in [-0.2, -0.15) is 0 Å². The van der Waals surface area contributed by atoms with E-state index in [1.165, 1.54) is 0 Å². The Bertz CT molecular complexity index is 728. The molecule has 3 heteroatoms. The summed E-state index contributed by atoms with van der Waals surface area (Å²) >= 11 is 0. The minimum atomic E-state index is 0.597. The van der Waals surface area contributed by atoms with E-state index in [4.69, 9.17) is 0 Å². The number of aryl methyl sites for hydroxylation is 1. The molecular weight excluding hydrogens is 224 g/mol. The fourth-order valence-electron chi connectivity index (χ4n) is 2.16. The molecule has 0 bridgehead atoms. The number of carbonyl (C=O) groups is 1. The van der Waals surface area contributed by atoms with Crippen molar-refractivity contribution in [3.8, 4) is 11.3 Å². The number of rotatable bonds is 2. The zero-order valence-corrected chi connectivity index (χ0v) is 10.00. The van der Waals surface area contributed by atoms with Crippen LogP contribution in [0.1, 0.15) is 16.1 Å². The molecule has 3 rings (SSSR count). The first kappa shape index (κ1) is 10.7. The van der Waals surface area contributed by atoms with Gasteiger partial charge in [-0.15, -0.1) is 0 Å². The van der Waals surface area contributed by atoms with Gasteiger partial charge in [-0.25, -0.2) is 4.98 Å².